The van der Waals surface area contributed by atoms with Gasteiger partial charge in [-0.15, -0.1) is 0 Å². The first-order valence-corrected chi connectivity index (χ1v) is 5.67. The molecule has 18 heavy (non-hydrogen) atoms. The van der Waals surface area contributed by atoms with E-state index in [-0.39, 0.29) is 18.2 Å². The molecule has 0 aliphatic heterocycles. The number of nitrogens with one attached hydrogen (secondary N) is 1. The zero-order chi connectivity index (χ0) is 13.5. The number of hydrogen-bond donors (Lipinski definition) is 2. The average Bonchev–Trinajstić information content (AvgIpc) is 2.35. The van der Waals surface area contributed by atoms with Gasteiger partial charge in [0.2, 0.25) is 0 Å². The van der Waals surface area contributed by atoms with Crippen LogP contribution in [0.25, 0.3) is 0 Å². The maximum Gasteiger partial charge on any atom is 0.303 e. The van der Waals surface area contributed by atoms with Crippen molar-refractivity contribution in [3.63, 3.8) is 0 Å². The molecule has 1 atom stereocenters. The molecule has 0 bridgehead atoms. The van der Waals surface area contributed by atoms with Gasteiger partial charge in [-0.25, -0.2) is 0 Å². The minimum absolute atomic E-state index is 0.0445. The van der Waals surface area contributed by atoms with Crippen LogP contribution in [0.2, 0.25) is 0 Å². The van der Waals surface area contributed by atoms with Gasteiger partial charge in [0.25, 0.3) is 5.91 Å². The Kier molecular flexibility index (Phi) is 5.17. The van der Waals surface area contributed by atoms with E-state index in [0.29, 0.717) is 17.9 Å². The summed E-state index contributed by atoms with van der Waals surface area (Å²) in [7, 11) is 1.56. The molecule has 0 aliphatic carbocycles. The first kappa shape index (κ1) is 14.0. The first-order chi connectivity index (χ1) is 8.52. The summed E-state index contributed by atoms with van der Waals surface area (Å²) in [5.74, 6) is -0.480. The SMILES string of the molecule is COc1ccc(C(=O)NCC(C)CC(=O)O)cc1. The maximum absolute atomic E-state index is 11.7. The van der Waals surface area contributed by atoms with E-state index in [1.54, 1.807) is 38.3 Å². The highest BCUT2D eigenvalue weighted by Crippen LogP contribution is 2.11. The van der Waals surface area contributed by atoms with E-state index in [0.717, 1.165) is 0 Å². The van der Waals surface area contributed by atoms with Crippen molar-refractivity contribution in [1.82, 2.24) is 5.32 Å². The molecule has 0 spiro atoms. The number of aliphatic carboxylic acids is 1. The Labute approximate surface area is 106 Å². The zero-order valence-corrected chi connectivity index (χ0v) is 10.5. The van der Waals surface area contributed by atoms with Crippen molar-refractivity contribution in [3.05, 3.63) is 29.8 Å². The standard InChI is InChI=1S/C13H17NO4/c1-9(7-12(15)16)8-14-13(17)10-3-5-11(18-2)6-4-10/h3-6,9H,7-8H2,1-2H3,(H,14,17)(H,15,16). The molecular weight excluding hydrogens is 234 g/mol. The minimum Gasteiger partial charge on any atom is -0.497 e. The van der Waals surface area contributed by atoms with Gasteiger partial charge in [0, 0.05) is 18.5 Å². The molecular formula is C13H17NO4. The van der Waals surface area contributed by atoms with Gasteiger partial charge in [-0.1, -0.05) is 6.92 Å². The van der Waals surface area contributed by atoms with Crippen molar-refractivity contribution in [2.24, 2.45) is 5.92 Å². The molecule has 1 amide bonds. The van der Waals surface area contributed by atoms with Crippen molar-refractivity contribution in [1.29, 1.82) is 0 Å². The normalized spacial score (nSPS) is 11.7. The lowest BCUT2D eigenvalue weighted by Crippen LogP contribution is -2.29. The van der Waals surface area contributed by atoms with Gasteiger partial charge < -0.3 is 15.2 Å². The number of methoxy groups -OCH3 is 1. The third kappa shape index (κ3) is 4.45. The minimum atomic E-state index is -0.860. The molecule has 1 unspecified atom stereocenters. The number of carbonyl (C=O) groups is 2. The predicted octanol–water partition coefficient (Wildman–Crippen LogP) is 1.54. The van der Waals surface area contributed by atoms with Crippen molar-refractivity contribution in [2.45, 2.75) is 13.3 Å². The Morgan fingerprint density at radius 1 is 1.33 bits per heavy atom. The third-order valence-electron chi connectivity index (χ3n) is 2.49. The number of rotatable bonds is 6. The second-order valence-electron chi connectivity index (χ2n) is 4.14. The number of ether oxygens (including phenoxy) is 1. The molecule has 5 heteroatoms. The molecule has 0 heterocycles. The summed E-state index contributed by atoms with van der Waals surface area (Å²) in [4.78, 5) is 22.2. The van der Waals surface area contributed by atoms with E-state index in [9.17, 15) is 9.59 Å². The lowest BCUT2D eigenvalue weighted by molar-refractivity contribution is -0.137. The van der Waals surface area contributed by atoms with Crippen LogP contribution in [0.4, 0.5) is 0 Å². The van der Waals surface area contributed by atoms with E-state index in [4.69, 9.17) is 9.84 Å². The van der Waals surface area contributed by atoms with Crippen molar-refractivity contribution < 1.29 is 19.4 Å². The summed E-state index contributed by atoms with van der Waals surface area (Å²) in [6.45, 7) is 2.12. The highest BCUT2D eigenvalue weighted by molar-refractivity contribution is 5.94. The maximum atomic E-state index is 11.7. The summed E-state index contributed by atoms with van der Waals surface area (Å²) in [5.41, 5.74) is 0.526. The Hall–Kier alpha value is -2.04. The van der Waals surface area contributed by atoms with E-state index in [1.807, 2.05) is 0 Å². The van der Waals surface area contributed by atoms with Crippen LogP contribution in [0.5, 0.6) is 5.75 Å². The van der Waals surface area contributed by atoms with Crippen molar-refractivity contribution in [3.8, 4) is 5.75 Å². The van der Waals surface area contributed by atoms with Gasteiger partial charge in [0.1, 0.15) is 5.75 Å². The van der Waals surface area contributed by atoms with Crippen LogP contribution < -0.4 is 10.1 Å². The number of carboxylic acids is 1. The summed E-state index contributed by atoms with van der Waals surface area (Å²) in [5, 5.41) is 11.3. The lowest BCUT2D eigenvalue weighted by Gasteiger charge is -2.10. The third-order valence-corrected chi connectivity index (χ3v) is 2.49. The van der Waals surface area contributed by atoms with Crippen LogP contribution in [0.15, 0.2) is 24.3 Å². The first-order valence-electron chi connectivity index (χ1n) is 5.67. The largest absolute Gasteiger partial charge is 0.497 e. The fraction of sp³-hybridized carbons (Fsp3) is 0.385. The van der Waals surface area contributed by atoms with Gasteiger partial charge >= 0.3 is 5.97 Å². The summed E-state index contributed by atoms with van der Waals surface area (Å²) in [6.07, 6.45) is 0.0445. The van der Waals surface area contributed by atoms with Gasteiger partial charge in [0.15, 0.2) is 0 Å². The van der Waals surface area contributed by atoms with Crippen molar-refractivity contribution >= 4 is 11.9 Å². The van der Waals surface area contributed by atoms with Crippen LogP contribution in [-0.2, 0) is 4.79 Å². The quantitative estimate of drug-likeness (QED) is 0.804. The fourth-order valence-electron chi connectivity index (χ4n) is 1.48. The van der Waals surface area contributed by atoms with E-state index >= 15 is 0 Å². The number of amides is 1. The molecule has 2 N–H and O–H groups in total. The predicted molar refractivity (Wildman–Crippen MR) is 66.7 cm³/mol. The monoisotopic (exact) mass is 251 g/mol. The Morgan fingerprint density at radius 2 is 1.94 bits per heavy atom. The molecule has 1 aromatic rings. The zero-order valence-electron chi connectivity index (χ0n) is 10.5. The van der Waals surface area contributed by atoms with Crippen molar-refractivity contribution in [2.75, 3.05) is 13.7 Å². The van der Waals surface area contributed by atoms with Crippen LogP contribution in [0.3, 0.4) is 0 Å². The molecule has 0 aromatic heterocycles. The topological polar surface area (TPSA) is 75.6 Å². The molecule has 0 aliphatic rings. The van der Waals surface area contributed by atoms with E-state index < -0.39 is 5.97 Å². The molecule has 98 valence electrons. The highest BCUT2D eigenvalue weighted by atomic mass is 16.5. The van der Waals surface area contributed by atoms with Gasteiger partial charge in [-0.2, -0.15) is 0 Å². The van der Waals surface area contributed by atoms with Crippen LogP contribution in [0, 0.1) is 5.92 Å². The fourth-order valence-corrected chi connectivity index (χ4v) is 1.48. The van der Waals surface area contributed by atoms with Crippen LogP contribution >= 0.6 is 0 Å². The van der Waals surface area contributed by atoms with Crippen LogP contribution in [0.1, 0.15) is 23.7 Å². The summed E-state index contributed by atoms with van der Waals surface area (Å²) in [6, 6.07) is 6.73. The van der Waals surface area contributed by atoms with Gasteiger partial charge in [0.05, 0.1) is 7.11 Å². The lowest BCUT2D eigenvalue weighted by atomic mass is 10.1. The second-order valence-corrected chi connectivity index (χ2v) is 4.14. The highest BCUT2D eigenvalue weighted by Gasteiger charge is 2.10. The second kappa shape index (κ2) is 6.64. The van der Waals surface area contributed by atoms with E-state index in [2.05, 4.69) is 5.32 Å². The molecule has 1 aromatic carbocycles. The summed E-state index contributed by atoms with van der Waals surface area (Å²) >= 11 is 0. The molecule has 1 rings (SSSR count). The van der Waals surface area contributed by atoms with Crippen LogP contribution in [-0.4, -0.2) is 30.6 Å². The van der Waals surface area contributed by atoms with Gasteiger partial charge in [-0.05, 0) is 30.2 Å². The Morgan fingerprint density at radius 3 is 2.44 bits per heavy atom. The molecule has 0 fully saturated rings. The van der Waals surface area contributed by atoms with Gasteiger partial charge in [-0.3, -0.25) is 9.59 Å². The molecule has 5 nitrogen and oxygen atoms in total. The molecule has 0 saturated carbocycles. The number of benzene rings is 1. The summed E-state index contributed by atoms with van der Waals surface area (Å²) < 4.78 is 4.99. The Bertz CT molecular complexity index is 414. The molecule has 0 saturated heterocycles. The smallest absolute Gasteiger partial charge is 0.303 e. The number of hydrogen-bond acceptors (Lipinski definition) is 3. The number of carbonyl (C=O) groups excluding carboxylic acids is 1. The Balaban J connectivity index is 2.47. The average molecular weight is 251 g/mol. The molecule has 0 radical (unpaired) electrons. The van der Waals surface area contributed by atoms with E-state index in [1.165, 1.54) is 0 Å². The number of carboxylic acid groups (broad SMARTS) is 1.